The monoisotopic (exact) mass is 129 g/mol. The Balaban J connectivity index is 3.48. The van der Waals surface area contributed by atoms with E-state index in [1.807, 2.05) is 13.8 Å². The fraction of sp³-hybridized carbons (Fsp3) is 0.500. The first-order valence-electron chi connectivity index (χ1n) is 2.54. The van der Waals surface area contributed by atoms with Crippen LogP contribution < -0.4 is 0 Å². The summed E-state index contributed by atoms with van der Waals surface area (Å²) in [4.78, 5) is 0. The van der Waals surface area contributed by atoms with Gasteiger partial charge in [-0.05, 0) is 5.41 Å². The highest BCUT2D eigenvalue weighted by Crippen LogP contribution is 2.09. The van der Waals surface area contributed by atoms with E-state index in [2.05, 4.69) is 6.58 Å². The molecular weight excluding hydrogens is 118 g/mol. The number of nitrogens with one attached hydrogen (secondary N) is 1. The molecule has 0 aliphatic rings. The Labute approximate surface area is 54.7 Å². The predicted molar refractivity (Wildman–Crippen MR) is 40.4 cm³/mol. The van der Waals surface area contributed by atoms with Crippen molar-refractivity contribution in [1.82, 2.24) is 0 Å². The van der Waals surface area contributed by atoms with Gasteiger partial charge in [0.1, 0.15) is 0 Å². The average molecular weight is 129 g/mol. The fourth-order valence-corrected chi connectivity index (χ4v) is 0.678. The van der Waals surface area contributed by atoms with Crippen LogP contribution in [-0.4, -0.2) is 5.04 Å². The Morgan fingerprint density at radius 1 is 1.75 bits per heavy atom. The standard InChI is InChI=1S/C6H11NS/c1-4-8-6(7)5(2)3/h4-5,7H,1H2,2-3H3. The summed E-state index contributed by atoms with van der Waals surface area (Å²) in [6, 6.07) is 0. The van der Waals surface area contributed by atoms with E-state index in [0.717, 1.165) is 0 Å². The summed E-state index contributed by atoms with van der Waals surface area (Å²) < 4.78 is 0. The van der Waals surface area contributed by atoms with Crippen LogP contribution in [0.15, 0.2) is 12.0 Å². The molecule has 0 unspecified atom stereocenters. The SMILES string of the molecule is C=CSC(=N)C(C)C. The first kappa shape index (κ1) is 7.76. The summed E-state index contributed by atoms with van der Waals surface area (Å²) in [7, 11) is 0. The zero-order valence-corrected chi connectivity index (χ0v) is 6.09. The van der Waals surface area contributed by atoms with Crippen molar-refractivity contribution in [2.75, 3.05) is 0 Å². The van der Waals surface area contributed by atoms with Gasteiger partial charge in [-0.15, -0.1) is 0 Å². The molecule has 46 valence electrons. The molecule has 0 saturated carbocycles. The van der Waals surface area contributed by atoms with Crippen molar-refractivity contribution in [2.45, 2.75) is 13.8 Å². The summed E-state index contributed by atoms with van der Waals surface area (Å²) in [5.74, 6) is 0.345. The van der Waals surface area contributed by atoms with Gasteiger partial charge in [0.2, 0.25) is 0 Å². The summed E-state index contributed by atoms with van der Waals surface area (Å²) >= 11 is 1.39. The topological polar surface area (TPSA) is 23.9 Å². The molecule has 0 amide bonds. The maximum Gasteiger partial charge on any atom is 0.0708 e. The van der Waals surface area contributed by atoms with E-state index in [1.165, 1.54) is 11.8 Å². The quantitative estimate of drug-likeness (QED) is 0.449. The van der Waals surface area contributed by atoms with Crippen molar-refractivity contribution >= 4 is 16.8 Å². The van der Waals surface area contributed by atoms with Gasteiger partial charge in [0.15, 0.2) is 0 Å². The maximum absolute atomic E-state index is 7.24. The molecule has 0 atom stereocenters. The first-order chi connectivity index (χ1) is 3.68. The molecule has 1 N–H and O–H groups in total. The van der Waals surface area contributed by atoms with Crippen LogP contribution >= 0.6 is 11.8 Å². The summed E-state index contributed by atoms with van der Waals surface area (Å²) in [5, 5.41) is 9.60. The maximum atomic E-state index is 7.24. The van der Waals surface area contributed by atoms with Gasteiger partial charge in [-0.3, -0.25) is 5.41 Å². The summed E-state index contributed by atoms with van der Waals surface area (Å²) in [6.45, 7) is 7.50. The molecule has 0 spiro atoms. The van der Waals surface area contributed by atoms with Gasteiger partial charge in [0.05, 0.1) is 5.04 Å². The average Bonchev–Trinajstić information content (AvgIpc) is 1.67. The third-order valence-electron chi connectivity index (χ3n) is 0.735. The van der Waals surface area contributed by atoms with Crippen molar-refractivity contribution in [2.24, 2.45) is 5.92 Å². The van der Waals surface area contributed by atoms with E-state index in [0.29, 0.717) is 11.0 Å². The van der Waals surface area contributed by atoms with Crippen LogP contribution in [0.25, 0.3) is 0 Å². The van der Waals surface area contributed by atoms with Gasteiger partial charge in [0, 0.05) is 5.92 Å². The predicted octanol–water partition coefficient (Wildman–Crippen LogP) is 2.50. The lowest BCUT2D eigenvalue weighted by atomic mass is 10.2. The third kappa shape index (κ3) is 2.86. The highest BCUT2D eigenvalue weighted by Gasteiger charge is 1.98. The van der Waals surface area contributed by atoms with Crippen molar-refractivity contribution in [3.63, 3.8) is 0 Å². The molecule has 0 saturated heterocycles. The van der Waals surface area contributed by atoms with E-state index < -0.39 is 0 Å². The van der Waals surface area contributed by atoms with Crippen LogP contribution in [0.1, 0.15) is 13.8 Å². The van der Waals surface area contributed by atoms with E-state index in [9.17, 15) is 0 Å². The van der Waals surface area contributed by atoms with Gasteiger partial charge in [-0.25, -0.2) is 0 Å². The lowest BCUT2D eigenvalue weighted by Crippen LogP contribution is -1.97. The van der Waals surface area contributed by atoms with Crippen LogP contribution in [0.2, 0.25) is 0 Å². The van der Waals surface area contributed by atoms with Crippen molar-refractivity contribution in [3.8, 4) is 0 Å². The minimum atomic E-state index is 0.345. The molecule has 0 aliphatic heterocycles. The molecule has 0 rings (SSSR count). The molecule has 1 nitrogen and oxygen atoms in total. The number of hydrogen-bond acceptors (Lipinski definition) is 2. The highest BCUT2D eigenvalue weighted by molar-refractivity contribution is 8.16. The molecule has 0 fully saturated rings. The van der Waals surface area contributed by atoms with Crippen LogP contribution in [-0.2, 0) is 0 Å². The summed E-state index contributed by atoms with van der Waals surface area (Å²) in [5.41, 5.74) is 0. The molecule has 0 heterocycles. The second-order valence-corrected chi connectivity index (χ2v) is 2.81. The number of rotatable bonds is 2. The molecule has 8 heavy (non-hydrogen) atoms. The van der Waals surface area contributed by atoms with Crippen molar-refractivity contribution in [3.05, 3.63) is 12.0 Å². The Hall–Kier alpha value is -0.240. The van der Waals surface area contributed by atoms with Crippen LogP contribution in [0.5, 0.6) is 0 Å². The van der Waals surface area contributed by atoms with Crippen LogP contribution in [0.4, 0.5) is 0 Å². The minimum Gasteiger partial charge on any atom is -0.298 e. The molecule has 0 bridgehead atoms. The van der Waals surface area contributed by atoms with Crippen LogP contribution in [0, 0.1) is 11.3 Å². The molecule has 0 radical (unpaired) electrons. The Morgan fingerprint density at radius 3 is 2.38 bits per heavy atom. The Bertz CT molecular complexity index is 96.7. The van der Waals surface area contributed by atoms with Gasteiger partial charge >= 0.3 is 0 Å². The lowest BCUT2D eigenvalue weighted by Gasteiger charge is -2.00. The first-order valence-corrected chi connectivity index (χ1v) is 3.42. The Kier molecular flexibility index (Phi) is 3.61. The highest BCUT2D eigenvalue weighted by atomic mass is 32.2. The second-order valence-electron chi connectivity index (χ2n) is 1.80. The largest absolute Gasteiger partial charge is 0.298 e. The van der Waals surface area contributed by atoms with Crippen LogP contribution in [0.3, 0.4) is 0 Å². The van der Waals surface area contributed by atoms with E-state index >= 15 is 0 Å². The summed E-state index contributed by atoms with van der Waals surface area (Å²) in [6.07, 6.45) is 0. The normalized spacial score (nSPS) is 9.38. The van der Waals surface area contributed by atoms with Gasteiger partial charge in [-0.1, -0.05) is 32.2 Å². The molecule has 0 aliphatic carbocycles. The lowest BCUT2D eigenvalue weighted by molar-refractivity contribution is 0.895. The second kappa shape index (κ2) is 3.72. The minimum absolute atomic E-state index is 0.345. The van der Waals surface area contributed by atoms with Gasteiger partial charge in [0.25, 0.3) is 0 Å². The molecule has 0 aromatic heterocycles. The van der Waals surface area contributed by atoms with E-state index in [4.69, 9.17) is 5.41 Å². The van der Waals surface area contributed by atoms with E-state index in [1.54, 1.807) is 5.41 Å². The molecule has 2 heteroatoms. The Morgan fingerprint density at radius 2 is 2.25 bits per heavy atom. The van der Waals surface area contributed by atoms with Crippen molar-refractivity contribution < 1.29 is 0 Å². The molecule has 0 aromatic rings. The molecular formula is C6H11NS. The zero-order valence-electron chi connectivity index (χ0n) is 5.27. The third-order valence-corrected chi connectivity index (χ3v) is 1.63. The van der Waals surface area contributed by atoms with Gasteiger partial charge < -0.3 is 0 Å². The number of thioether (sulfide) groups is 1. The number of hydrogen-bond donors (Lipinski definition) is 1. The van der Waals surface area contributed by atoms with E-state index in [-0.39, 0.29) is 0 Å². The zero-order chi connectivity index (χ0) is 6.57. The van der Waals surface area contributed by atoms with Crippen molar-refractivity contribution in [1.29, 1.82) is 5.41 Å². The molecule has 0 aromatic carbocycles. The van der Waals surface area contributed by atoms with Gasteiger partial charge in [-0.2, -0.15) is 0 Å². The smallest absolute Gasteiger partial charge is 0.0708 e. The fourth-order valence-electron chi connectivity index (χ4n) is 0.226.